The van der Waals surface area contributed by atoms with Crippen LogP contribution in [-0.2, 0) is 9.59 Å². The topological polar surface area (TPSA) is 58.2 Å². The molecule has 1 unspecified atom stereocenters. The highest BCUT2D eigenvalue weighted by Gasteiger charge is 2.24. The molecule has 0 bridgehead atoms. The van der Waals surface area contributed by atoms with Crippen LogP contribution in [0.4, 0.5) is 11.4 Å². The standard InChI is InChI=1S/C21H24N2O2/c1-3-16(4-2)19(21(25)23-18-13-9-6-10-14-18)15-20(24)22-17-11-7-5-8-12-17/h3,5-14,19H,4,15H2,1-2H3,(H,22,24)(H,23,25)/b16-3+. The number of anilines is 2. The van der Waals surface area contributed by atoms with E-state index in [2.05, 4.69) is 10.6 Å². The minimum Gasteiger partial charge on any atom is -0.326 e. The molecule has 0 spiro atoms. The first-order chi connectivity index (χ1) is 12.1. The number of para-hydroxylation sites is 2. The molecule has 2 N–H and O–H groups in total. The van der Waals surface area contributed by atoms with Gasteiger partial charge in [0.05, 0.1) is 5.92 Å². The van der Waals surface area contributed by atoms with Crippen molar-refractivity contribution < 1.29 is 9.59 Å². The Hall–Kier alpha value is -2.88. The van der Waals surface area contributed by atoms with Crippen molar-refractivity contribution in [2.24, 2.45) is 5.92 Å². The van der Waals surface area contributed by atoms with Crippen LogP contribution in [-0.4, -0.2) is 11.8 Å². The van der Waals surface area contributed by atoms with Gasteiger partial charge in [-0.15, -0.1) is 0 Å². The molecule has 0 saturated heterocycles. The summed E-state index contributed by atoms with van der Waals surface area (Å²) in [6.07, 6.45) is 2.76. The zero-order valence-electron chi connectivity index (χ0n) is 14.7. The number of benzene rings is 2. The Morgan fingerprint density at radius 3 is 1.92 bits per heavy atom. The number of carbonyl (C=O) groups is 2. The number of hydrogen-bond acceptors (Lipinski definition) is 2. The molecule has 2 rings (SSSR count). The molecule has 4 heteroatoms. The van der Waals surface area contributed by atoms with Crippen LogP contribution in [0.15, 0.2) is 72.3 Å². The number of hydrogen-bond donors (Lipinski definition) is 2. The molecule has 0 aliphatic carbocycles. The summed E-state index contributed by atoms with van der Waals surface area (Å²) in [5, 5.41) is 5.75. The Kier molecular flexibility index (Phi) is 6.96. The highest BCUT2D eigenvalue weighted by Crippen LogP contribution is 2.22. The second-order valence-corrected chi connectivity index (χ2v) is 5.74. The monoisotopic (exact) mass is 336 g/mol. The first kappa shape index (κ1) is 18.5. The fourth-order valence-electron chi connectivity index (χ4n) is 2.71. The molecular weight excluding hydrogens is 312 g/mol. The van der Waals surface area contributed by atoms with Gasteiger partial charge in [0.1, 0.15) is 0 Å². The number of carbonyl (C=O) groups excluding carboxylic acids is 2. The van der Waals surface area contributed by atoms with Gasteiger partial charge in [0.15, 0.2) is 0 Å². The lowest BCUT2D eigenvalue weighted by molar-refractivity contribution is -0.123. The fraction of sp³-hybridized carbons (Fsp3) is 0.238. The lowest BCUT2D eigenvalue weighted by Crippen LogP contribution is -2.29. The van der Waals surface area contributed by atoms with Crippen LogP contribution in [0.2, 0.25) is 0 Å². The van der Waals surface area contributed by atoms with Crippen LogP contribution in [0, 0.1) is 5.92 Å². The molecule has 1 atom stereocenters. The van der Waals surface area contributed by atoms with Crippen molar-refractivity contribution in [3.05, 3.63) is 72.3 Å². The van der Waals surface area contributed by atoms with Crippen LogP contribution < -0.4 is 10.6 Å². The largest absolute Gasteiger partial charge is 0.326 e. The van der Waals surface area contributed by atoms with Gasteiger partial charge in [-0.3, -0.25) is 9.59 Å². The van der Waals surface area contributed by atoms with Crippen LogP contribution in [0.25, 0.3) is 0 Å². The maximum atomic E-state index is 12.7. The van der Waals surface area contributed by atoms with Gasteiger partial charge in [-0.05, 0) is 37.6 Å². The van der Waals surface area contributed by atoms with Crippen LogP contribution in [0.3, 0.4) is 0 Å². The minimum atomic E-state index is -0.487. The Morgan fingerprint density at radius 1 is 0.920 bits per heavy atom. The Morgan fingerprint density at radius 2 is 1.44 bits per heavy atom. The second-order valence-electron chi connectivity index (χ2n) is 5.74. The van der Waals surface area contributed by atoms with E-state index in [0.717, 1.165) is 23.4 Å². The molecule has 2 amide bonds. The van der Waals surface area contributed by atoms with E-state index >= 15 is 0 Å². The van der Waals surface area contributed by atoms with E-state index in [-0.39, 0.29) is 18.2 Å². The van der Waals surface area contributed by atoms with E-state index in [9.17, 15) is 9.59 Å². The van der Waals surface area contributed by atoms with E-state index in [1.807, 2.05) is 80.6 Å². The third kappa shape index (κ3) is 5.60. The van der Waals surface area contributed by atoms with Gasteiger partial charge < -0.3 is 10.6 Å². The van der Waals surface area contributed by atoms with Gasteiger partial charge in [0.2, 0.25) is 11.8 Å². The minimum absolute atomic E-state index is 0.112. The molecule has 2 aromatic rings. The first-order valence-electron chi connectivity index (χ1n) is 8.50. The summed E-state index contributed by atoms with van der Waals surface area (Å²) in [6, 6.07) is 18.6. The molecule has 25 heavy (non-hydrogen) atoms. The maximum Gasteiger partial charge on any atom is 0.232 e. The summed E-state index contributed by atoms with van der Waals surface area (Å²) in [5.74, 6) is -0.824. The quantitative estimate of drug-likeness (QED) is 0.725. The summed E-state index contributed by atoms with van der Waals surface area (Å²) in [7, 11) is 0. The van der Waals surface area contributed by atoms with Crippen molar-refractivity contribution in [1.29, 1.82) is 0 Å². The van der Waals surface area contributed by atoms with E-state index in [1.54, 1.807) is 0 Å². The number of allylic oxidation sites excluding steroid dienone is 1. The summed E-state index contributed by atoms with van der Waals surface area (Å²) in [6.45, 7) is 3.89. The lowest BCUT2D eigenvalue weighted by atomic mass is 9.91. The smallest absolute Gasteiger partial charge is 0.232 e. The second kappa shape index (κ2) is 9.42. The predicted molar refractivity (Wildman–Crippen MR) is 102 cm³/mol. The summed E-state index contributed by atoms with van der Waals surface area (Å²) in [5.41, 5.74) is 2.41. The zero-order chi connectivity index (χ0) is 18.1. The highest BCUT2D eigenvalue weighted by molar-refractivity contribution is 5.99. The summed E-state index contributed by atoms with van der Waals surface area (Å²) in [4.78, 5) is 25.1. The van der Waals surface area contributed by atoms with Gasteiger partial charge in [-0.2, -0.15) is 0 Å². The van der Waals surface area contributed by atoms with Gasteiger partial charge in [-0.25, -0.2) is 0 Å². The Bertz CT molecular complexity index is 724. The molecule has 2 aromatic carbocycles. The summed E-state index contributed by atoms with van der Waals surface area (Å²) < 4.78 is 0. The number of nitrogens with one attached hydrogen (secondary N) is 2. The van der Waals surface area contributed by atoms with Crippen molar-refractivity contribution in [2.45, 2.75) is 26.7 Å². The third-order valence-corrected chi connectivity index (χ3v) is 4.03. The average molecular weight is 336 g/mol. The zero-order valence-corrected chi connectivity index (χ0v) is 14.7. The lowest BCUT2D eigenvalue weighted by Gasteiger charge is -2.19. The molecule has 0 fully saturated rings. The average Bonchev–Trinajstić information content (AvgIpc) is 2.63. The van der Waals surface area contributed by atoms with Gasteiger partial charge >= 0.3 is 0 Å². The SMILES string of the molecule is C/C=C(\CC)C(CC(=O)Nc1ccccc1)C(=O)Nc1ccccc1. The molecule has 0 aliphatic rings. The molecule has 0 heterocycles. The molecular formula is C21H24N2O2. The van der Waals surface area contributed by atoms with Gasteiger partial charge in [0.25, 0.3) is 0 Å². The maximum absolute atomic E-state index is 12.7. The predicted octanol–water partition coefficient (Wildman–Crippen LogP) is 4.63. The molecule has 0 aromatic heterocycles. The molecule has 4 nitrogen and oxygen atoms in total. The van der Waals surface area contributed by atoms with Crippen LogP contribution >= 0.6 is 0 Å². The van der Waals surface area contributed by atoms with Gasteiger partial charge in [0, 0.05) is 17.8 Å². The Labute approximate surface area is 149 Å². The third-order valence-electron chi connectivity index (χ3n) is 4.03. The van der Waals surface area contributed by atoms with E-state index in [1.165, 1.54) is 0 Å². The number of amides is 2. The normalized spacial score (nSPS) is 12.3. The Balaban J connectivity index is 2.10. The van der Waals surface area contributed by atoms with Crippen molar-refractivity contribution >= 4 is 23.2 Å². The first-order valence-corrected chi connectivity index (χ1v) is 8.50. The molecule has 0 saturated carbocycles. The van der Waals surface area contributed by atoms with Crippen LogP contribution in [0.1, 0.15) is 26.7 Å². The molecule has 0 radical (unpaired) electrons. The van der Waals surface area contributed by atoms with Crippen molar-refractivity contribution in [1.82, 2.24) is 0 Å². The fourth-order valence-corrected chi connectivity index (χ4v) is 2.71. The van der Waals surface area contributed by atoms with E-state index in [0.29, 0.717) is 0 Å². The summed E-state index contributed by atoms with van der Waals surface area (Å²) >= 11 is 0. The van der Waals surface area contributed by atoms with Crippen molar-refractivity contribution in [3.8, 4) is 0 Å². The number of rotatable bonds is 7. The molecule has 0 aliphatic heterocycles. The van der Waals surface area contributed by atoms with Crippen molar-refractivity contribution in [2.75, 3.05) is 10.6 Å². The van der Waals surface area contributed by atoms with Crippen LogP contribution in [0.5, 0.6) is 0 Å². The van der Waals surface area contributed by atoms with E-state index in [4.69, 9.17) is 0 Å². The van der Waals surface area contributed by atoms with Gasteiger partial charge in [-0.1, -0.05) is 55.0 Å². The molecule has 130 valence electrons. The highest BCUT2D eigenvalue weighted by atomic mass is 16.2. The van der Waals surface area contributed by atoms with E-state index < -0.39 is 5.92 Å². The van der Waals surface area contributed by atoms with Crippen molar-refractivity contribution in [3.63, 3.8) is 0 Å².